The summed E-state index contributed by atoms with van der Waals surface area (Å²) >= 11 is 2.95. The normalized spacial score (nSPS) is 12.3. The smallest absolute Gasteiger partial charge is 0.240 e. The van der Waals surface area contributed by atoms with Crippen molar-refractivity contribution in [3.8, 4) is 0 Å². The van der Waals surface area contributed by atoms with Crippen molar-refractivity contribution >= 4 is 29.4 Å². The topological polar surface area (TPSA) is 52.3 Å². The number of hydrogen-bond acceptors (Lipinski definition) is 4. The number of nitrogens with two attached hydrogens (primary N) is 1. The first-order chi connectivity index (χ1) is 7.74. The maximum atomic E-state index is 11.2. The van der Waals surface area contributed by atoms with Crippen LogP contribution in [0.5, 0.6) is 0 Å². The third-order valence-corrected chi connectivity index (χ3v) is 4.57. The van der Waals surface area contributed by atoms with Gasteiger partial charge in [0.15, 0.2) is 0 Å². The van der Waals surface area contributed by atoms with Gasteiger partial charge in [-0.05, 0) is 5.56 Å². The quantitative estimate of drug-likeness (QED) is 0.760. The fourth-order valence-corrected chi connectivity index (χ4v) is 2.97. The Morgan fingerprint density at radius 1 is 1.38 bits per heavy atom. The molecule has 0 radical (unpaired) electrons. The Morgan fingerprint density at radius 3 is 2.62 bits per heavy atom. The molecule has 0 aliphatic carbocycles. The lowest BCUT2D eigenvalue weighted by Crippen LogP contribution is -2.23. The Balaban J connectivity index is 2.41. The van der Waals surface area contributed by atoms with E-state index >= 15 is 0 Å². The van der Waals surface area contributed by atoms with Gasteiger partial charge in [-0.1, -0.05) is 30.3 Å². The van der Waals surface area contributed by atoms with Crippen LogP contribution in [0.4, 0.5) is 0 Å². The van der Waals surface area contributed by atoms with Gasteiger partial charge in [-0.3, -0.25) is 4.79 Å². The fourth-order valence-electron chi connectivity index (χ4n) is 1.09. The highest BCUT2D eigenvalue weighted by Gasteiger charge is 2.15. The third-order valence-electron chi connectivity index (χ3n) is 1.81. The summed E-state index contributed by atoms with van der Waals surface area (Å²) in [5.74, 6) is 0.962. The molecule has 0 spiro atoms. The second kappa shape index (κ2) is 7.60. The summed E-state index contributed by atoms with van der Waals surface area (Å²) in [5, 5.41) is 0. The predicted molar refractivity (Wildman–Crippen MR) is 70.2 cm³/mol. The van der Waals surface area contributed by atoms with Gasteiger partial charge in [0, 0.05) is 12.9 Å². The van der Waals surface area contributed by atoms with E-state index in [1.54, 1.807) is 7.11 Å². The zero-order valence-corrected chi connectivity index (χ0v) is 10.7. The second-order valence-electron chi connectivity index (χ2n) is 3.10. The molecule has 0 aliphatic rings. The Morgan fingerprint density at radius 2 is 2.06 bits per heavy atom. The van der Waals surface area contributed by atoms with Gasteiger partial charge < -0.3 is 10.5 Å². The Hall–Kier alpha value is -0.650. The van der Waals surface area contributed by atoms with Crippen molar-refractivity contribution in [1.29, 1.82) is 0 Å². The molecule has 1 aromatic rings. The molecule has 1 amide bonds. The van der Waals surface area contributed by atoms with E-state index in [1.165, 1.54) is 29.1 Å². The van der Waals surface area contributed by atoms with Gasteiger partial charge in [-0.2, -0.15) is 0 Å². The van der Waals surface area contributed by atoms with Crippen molar-refractivity contribution in [2.45, 2.75) is 10.3 Å². The van der Waals surface area contributed by atoms with Gasteiger partial charge in [-0.25, -0.2) is 0 Å². The number of amides is 1. The number of carbonyl (C=O) groups is 1. The Labute approximate surface area is 104 Å². The Bertz CT molecular complexity index is 319. The van der Waals surface area contributed by atoms with E-state index in [0.29, 0.717) is 5.94 Å². The zero-order valence-electron chi connectivity index (χ0n) is 9.09. The number of carbonyl (C=O) groups excluding carboxylic acids is 1. The number of thioether (sulfide) groups is 2. The van der Waals surface area contributed by atoms with Crippen LogP contribution in [0.3, 0.4) is 0 Å². The van der Waals surface area contributed by atoms with Gasteiger partial charge in [0.2, 0.25) is 5.91 Å². The first-order valence-corrected chi connectivity index (χ1v) is 6.89. The van der Waals surface area contributed by atoms with Crippen molar-refractivity contribution in [2.24, 2.45) is 5.73 Å². The summed E-state index contributed by atoms with van der Waals surface area (Å²) in [5.41, 5.74) is 6.50. The third kappa shape index (κ3) is 4.92. The highest BCUT2D eigenvalue weighted by molar-refractivity contribution is 8.17. The molecular formula is C11H15NO2S2. The molecule has 0 bridgehead atoms. The molecule has 5 heteroatoms. The van der Waals surface area contributed by atoms with Crippen molar-refractivity contribution in [3.05, 3.63) is 35.9 Å². The number of methoxy groups -OCH3 is 1. The molecular weight excluding hydrogens is 242 g/mol. The van der Waals surface area contributed by atoms with E-state index in [0.717, 1.165) is 5.75 Å². The zero-order chi connectivity index (χ0) is 11.8. The molecule has 16 heavy (non-hydrogen) atoms. The molecule has 0 aromatic heterocycles. The maximum absolute atomic E-state index is 11.2. The predicted octanol–water partition coefficient (Wildman–Crippen LogP) is 2.07. The molecule has 1 unspecified atom stereocenters. The van der Waals surface area contributed by atoms with Gasteiger partial charge in [0.1, 0.15) is 4.58 Å². The second-order valence-corrected chi connectivity index (χ2v) is 5.54. The van der Waals surface area contributed by atoms with Crippen molar-refractivity contribution in [1.82, 2.24) is 0 Å². The highest BCUT2D eigenvalue weighted by Crippen LogP contribution is 2.26. The molecule has 88 valence electrons. The Kier molecular flexibility index (Phi) is 6.37. The van der Waals surface area contributed by atoms with Gasteiger partial charge >= 0.3 is 0 Å². The standard InChI is InChI=1S/C11H15NO2S2/c1-14-8-16-11(10(12)13)15-7-9-5-3-2-4-6-9/h2-6,11H,7-8H2,1H3,(H2,12,13). The van der Waals surface area contributed by atoms with Crippen LogP contribution in [-0.4, -0.2) is 23.5 Å². The summed E-state index contributed by atoms with van der Waals surface area (Å²) in [4.78, 5) is 11.2. The van der Waals surface area contributed by atoms with E-state index < -0.39 is 0 Å². The molecule has 0 aliphatic heterocycles. The van der Waals surface area contributed by atoms with E-state index in [-0.39, 0.29) is 10.5 Å². The van der Waals surface area contributed by atoms with Gasteiger partial charge in [-0.15, -0.1) is 23.5 Å². The lowest BCUT2D eigenvalue weighted by Gasteiger charge is -2.11. The van der Waals surface area contributed by atoms with Gasteiger partial charge in [0.05, 0.1) is 5.94 Å². The SMILES string of the molecule is COCSC(SCc1ccccc1)C(N)=O. The highest BCUT2D eigenvalue weighted by atomic mass is 32.2. The molecule has 0 saturated heterocycles. The van der Waals surface area contributed by atoms with Crippen LogP contribution >= 0.6 is 23.5 Å². The van der Waals surface area contributed by atoms with Crippen LogP contribution in [0.2, 0.25) is 0 Å². The lowest BCUT2D eigenvalue weighted by atomic mass is 10.2. The van der Waals surface area contributed by atoms with Crippen LogP contribution in [0, 0.1) is 0 Å². The summed E-state index contributed by atoms with van der Waals surface area (Å²) < 4.78 is 4.67. The minimum absolute atomic E-state index is 0.250. The largest absolute Gasteiger partial charge is 0.374 e. The molecule has 1 atom stereocenters. The van der Waals surface area contributed by atoms with E-state index in [9.17, 15) is 4.79 Å². The van der Waals surface area contributed by atoms with Gasteiger partial charge in [0.25, 0.3) is 0 Å². The van der Waals surface area contributed by atoms with Crippen LogP contribution in [0.15, 0.2) is 30.3 Å². The molecule has 1 aromatic carbocycles. The molecule has 0 saturated carbocycles. The minimum atomic E-state index is -0.303. The number of benzene rings is 1. The van der Waals surface area contributed by atoms with Crippen molar-refractivity contribution in [2.75, 3.05) is 13.0 Å². The number of ether oxygens (including phenoxy) is 1. The maximum Gasteiger partial charge on any atom is 0.240 e. The number of hydrogen-bond donors (Lipinski definition) is 1. The first kappa shape index (κ1) is 13.4. The van der Waals surface area contributed by atoms with Crippen LogP contribution in [0.25, 0.3) is 0 Å². The summed E-state index contributed by atoms with van der Waals surface area (Å²) in [7, 11) is 1.60. The molecule has 1 rings (SSSR count). The summed E-state index contributed by atoms with van der Waals surface area (Å²) in [6, 6.07) is 10.0. The molecule has 0 fully saturated rings. The summed E-state index contributed by atoms with van der Waals surface area (Å²) in [6.07, 6.45) is 0. The average Bonchev–Trinajstić information content (AvgIpc) is 2.30. The lowest BCUT2D eigenvalue weighted by molar-refractivity contribution is -0.116. The van der Waals surface area contributed by atoms with Crippen molar-refractivity contribution < 1.29 is 9.53 Å². The fraction of sp³-hybridized carbons (Fsp3) is 0.364. The monoisotopic (exact) mass is 257 g/mol. The number of rotatable bonds is 7. The number of primary amides is 1. The van der Waals surface area contributed by atoms with E-state index in [2.05, 4.69) is 0 Å². The van der Waals surface area contributed by atoms with E-state index in [1.807, 2.05) is 30.3 Å². The molecule has 0 heterocycles. The molecule has 3 nitrogen and oxygen atoms in total. The van der Waals surface area contributed by atoms with Crippen LogP contribution < -0.4 is 5.73 Å². The van der Waals surface area contributed by atoms with E-state index in [4.69, 9.17) is 10.5 Å². The molecule has 2 N–H and O–H groups in total. The summed E-state index contributed by atoms with van der Waals surface area (Å²) in [6.45, 7) is 0. The van der Waals surface area contributed by atoms with Crippen molar-refractivity contribution in [3.63, 3.8) is 0 Å². The van der Waals surface area contributed by atoms with Crippen LogP contribution in [0.1, 0.15) is 5.56 Å². The average molecular weight is 257 g/mol. The van der Waals surface area contributed by atoms with Crippen LogP contribution in [-0.2, 0) is 15.3 Å². The minimum Gasteiger partial charge on any atom is -0.374 e. The first-order valence-electron chi connectivity index (χ1n) is 4.79.